The molecular weight excluding hydrogens is 614 g/mol. The Kier molecular flexibility index (Phi) is 9.65. The Bertz CT molecular complexity index is 1870. The molecule has 0 saturated carbocycles. The van der Waals surface area contributed by atoms with Gasteiger partial charge in [0.25, 0.3) is 0 Å². The fourth-order valence-corrected chi connectivity index (χ4v) is 7.06. The number of amides is 2. The van der Waals surface area contributed by atoms with Crippen molar-refractivity contribution in [1.29, 1.82) is 0 Å². The number of aromatic nitrogens is 5. The Hall–Kier alpha value is -5.09. The normalized spacial score (nSPS) is 18.2. The summed E-state index contributed by atoms with van der Waals surface area (Å²) in [6.07, 6.45) is 10.6. The van der Waals surface area contributed by atoms with E-state index in [-0.39, 0.29) is 30.0 Å². The zero-order valence-electron chi connectivity index (χ0n) is 28.1. The Morgan fingerprint density at radius 1 is 0.755 bits per heavy atom. The maximum absolute atomic E-state index is 13.1. The van der Waals surface area contributed by atoms with Crippen LogP contribution >= 0.6 is 0 Å². The highest BCUT2D eigenvalue weighted by molar-refractivity contribution is 5.78. The number of rotatable bonds is 11. The van der Waals surface area contributed by atoms with Crippen LogP contribution in [-0.4, -0.2) is 72.8 Å². The predicted molar refractivity (Wildman–Crippen MR) is 188 cm³/mol. The minimum Gasteiger partial charge on any atom is -0.381 e. The van der Waals surface area contributed by atoms with E-state index in [0.717, 1.165) is 89.8 Å². The molecule has 2 aromatic carbocycles. The first-order chi connectivity index (χ1) is 24.0. The molecule has 0 unspecified atom stereocenters. The van der Waals surface area contributed by atoms with Gasteiger partial charge < -0.3 is 24.5 Å². The summed E-state index contributed by atoms with van der Waals surface area (Å²) in [4.78, 5) is 50.6. The molecule has 10 nitrogen and oxygen atoms in total. The second-order valence-corrected chi connectivity index (χ2v) is 13.1. The largest absolute Gasteiger partial charge is 0.381 e. The van der Waals surface area contributed by atoms with Crippen molar-refractivity contribution in [3.05, 3.63) is 103 Å². The molecule has 2 fully saturated rings. The van der Waals surface area contributed by atoms with Crippen LogP contribution in [0.3, 0.4) is 0 Å². The molecule has 252 valence electrons. The van der Waals surface area contributed by atoms with E-state index in [9.17, 15) is 9.59 Å². The molecule has 2 aliphatic heterocycles. The second-order valence-electron chi connectivity index (χ2n) is 13.1. The number of likely N-dealkylation sites (tertiary alicyclic amines) is 2. The van der Waals surface area contributed by atoms with E-state index in [0.29, 0.717) is 19.3 Å². The van der Waals surface area contributed by atoms with Gasteiger partial charge in [-0.2, -0.15) is 0 Å². The molecular formula is C39H43N7O3. The van der Waals surface area contributed by atoms with Crippen molar-refractivity contribution in [3.63, 3.8) is 0 Å². The molecule has 2 amide bonds. The summed E-state index contributed by atoms with van der Waals surface area (Å²) in [6, 6.07) is 22.7. The van der Waals surface area contributed by atoms with Crippen LogP contribution in [0, 0.1) is 0 Å². The molecule has 3 aromatic heterocycles. The van der Waals surface area contributed by atoms with E-state index in [1.165, 1.54) is 0 Å². The molecule has 0 spiro atoms. The maximum atomic E-state index is 13.1. The van der Waals surface area contributed by atoms with Gasteiger partial charge in [0.1, 0.15) is 11.6 Å². The lowest BCUT2D eigenvalue weighted by Crippen LogP contribution is -2.33. The maximum Gasteiger partial charge on any atom is 0.225 e. The third kappa shape index (κ3) is 7.19. The van der Waals surface area contributed by atoms with Crippen molar-refractivity contribution in [1.82, 2.24) is 34.7 Å². The zero-order chi connectivity index (χ0) is 33.7. The van der Waals surface area contributed by atoms with Crippen LogP contribution in [0.5, 0.6) is 0 Å². The summed E-state index contributed by atoms with van der Waals surface area (Å²) in [6.45, 7) is 3.42. The Labute approximate surface area is 287 Å². The molecule has 49 heavy (non-hydrogen) atoms. The van der Waals surface area contributed by atoms with E-state index >= 15 is 0 Å². The average Bonchev–Trinajstić information content (AvgIpc) is 3.98. The van der Waals surface area contributed by atoms with Gasteiger partial charge in [-0.15, -0.1) is 0 Å². The van der Waals surface area contributed by atoms with Crippen molar-refractivity contribution >= 4 is 11.8 Å². The quantitative estimate of drug-likeness (QED) is 0.159. The van der Waals surface area contributed by atoms with Gasteiger partial charge in [-0.05, 0) is 73.4 Å². The number of benzene rings is 2. The number of hydrogen-bond acceptors (Lipinski definition) is 6. The fourth-order valence-electron chi connectivity index (χ4n) is 7.06. The van der Waals surface area contributed by atoms with Gasteiger partial charge in [0.2, 0.25) is 11.8 Å². The Balaban J connectivity index is 0.979. The molecule has 0 radical (unpaired) electrons. The van der Waals surface area contributed by atoms with Crippen LogP contribution in [0.4, 0.5) is 0 Å². The highest BCUT2D eigenvalue weighted by Crippen LogP contribution is 2.34. The van der Waals surface area contributed by atoms with Crippen LogP contribution in [-0.2, 0) is 20.7 Å². The Morgan fingerprint density at radius 3 is 1.80 bits per heavy atom. The summed E-state index contributed by atoms with van der Waals surface area (Å²) >= 11 is 0. The van der Waals surface area contributed by atoms with Crippen molar-refractivity contribution in [2.75, 3.05) is 20.2 Å². The number of pyridine rings is 1. The number of nitrogens with one attached hydrogen (secondary N) is 2. The van der Waals surface area contributed by atoms with Crippen molar-refractivity contribution < 1.29 is 14.3 Å². The molecule has 2 saturated heterocycles. The van der Waals surface area contributed by atoms with Gasteiger partial charge in [0.15, 0.2) is 0 Å². The first-order valence-corrected chi connectivity index (χ1v) is 17.3. The minimum absolute atomic E-state index is 0.0296. The van der Waals surface area contributed by atoms with Crippen molar-refractivity contribution in [2.24, 2.45) is 0 Å². The molecule has 2 aliphatic rings. The monoisotopic (exact) mass is 657 g/mol. The molecule has 0 bridgehead atoms. The van der Waals surface area contributed by atoms with Gasteiger partial charge in [-0.25, -0.2) is 9.97 Å². The number of aromatic amines is 2. The van der Waals surface area contributed by atoms with Crippen LogP contribution in [0.2, 0.25) is 0 Å². The second kappa shape index (κ2) is 14.6. The molecule has 0 aliphatic carbocycles. The van der Waals surface area contributed by atoms with Gasteiger partial charge in [-0.1, -0.05) is 54.6 Å². The summed E-state index contributed by atoms with van der Waals surface area (Å²) in [5.41, 5.74) is 7.14. The smallest absolute Gasteiger partial charge is 0.225 e. The van der Waals surface area contributed by atoms with Gasteiger partial charge in [0, 0.05) is 38.5 Å². The van der Waals surface area contributed by atoms with E-state index < -0.39 is 0 Å². The fraction of sp³-hybridized carbons (Fsp3) is 0.359. The van der Waals surface area contributed by atoms with Crippen LogP contribution in [0.25, 0.3) is 33.6 Å². The highest BCUT2D eigenvalue weighted by Gasteiger charge is 2.33. The minimum atomic E-state index is -0.103. The van der Waals surface area contributed by atoms with E-state index in [1.54, 1.807) is 13.3 Å². The molecule has 10 heteroatoms. The van der Waals surface area contributed by atoms with Crippen molar-refractivity contribution in [3.8, 4) is 33.6 Å². The number of nitrogens with zero attached hydrogens (tertiary/aromatic N) is 5. The summed E-state index contributed by atoms with van der Waals surface area (Å²) in [5.74, 6) is 1.93. The average molecular weight is 658 g/mol. The Morgan fingerprint density at radius 2 is 1.29 bits per heavy atom. The molecule has 7 rings (SSSR count). The number of hydrogen-bond donors (Lipinski definition) is 2. The summed E-state index contributed by atoms with van der Waals surface area (Å²) in [7, 11) is 1.64. The van der Waals surface area contributed by atoms with Gasteiger partial charge in [-0.3, -0.25) is 14.6 Å². The lowest BCUT2D eigenvalue weighted by Gasteiger charge is -2.24. The molecule has 2 N–H and O–H groups in total. The first-order valence-electron chi connectivity index (χ1n) is 17.3. The van der Waals surface area contributed by atoms with Crippen molar-refractivity contribution in [2.45, 2.75) is 70.1 Å². The number of aryl methyl sites for hydroxylation is 1. The molecule has 3 atom stereocenters. The summed E-state index contributed by atoms with van der Waals surface area (Å²) in [5, 5.41) is 0. The lowest BCUT2D eigenvalue weighted by molar-refractivity contribution is -0.134. The van der Waals surface area contributed by atoms with E-state index in [2.05, 4.69) is 68.5 Å². The predicted octanol–water partition coefficient (Wildman–Crippen LogP) is 6.91. The number of imidazole rings is 2. The number of methoxy groups -OCH3 is 1. The van der Waals surface area contributed by atoms with E-state index in [1.807, 2.05) is 47.3 Å². The number of H-pyrrole nitrogens is 2. The highest BCUT2D eigenvalue weighted by atomic mass is 16.5. The topological polar surface area (TPSA) is 120 Å². The number of carbonyl (C=O) groups is 2. The van der Waals surface area contributed by atoms with Crippen LogP contribution in [0.15, 0.2) is 85.3 Å². The standard InChI is InChI=1S/C39H43N7O3/c1-26(49-2)23-37(48)46-22-6-9-35(46)39-42-25-33(44-39)30-16-12-28(13-17-30)27-10-14-29(15-11-27)32-24-41-38(43-32)34-8-5-21-45(34)36(47)19-18-31-7-3-4-20-40-31/h3-4,7,10-17,20,24-26,34-35H,5-6,8-9,18-19,21-23H2,1-2H3,(H,41,43)(H,42,44)/t26-,34+,35+/m1/s1. The third-order valence-corrected chi connectivity index (χ3v) is 9.88. The molecule has 5 aromatic rings. The van der Waals surface area contributed by atoms with Crippen LogP contribution in [0.1, 0.15) is 74.9 Å². The van der Waals surface area contributed by atoms with Gasteiger partial charge in [0.05, 0.1) is 48.4 Å². The lowest BCUT2D eigenvalue weighted by atomic mass is 10.0. The zero-order valence-corrected chi connectivity index (χ0v) is 28.1. The molecule has 5 heterocycles. The summed E-state index contributed by atoms with van der Waals surface area (Å²) < 4.78 is 5.31. The van der Waals surface area contributed by atoms with Gasteiger partial charge >= 0.3 is 0 Å². The SMILES string of the molecule is CO[C@H](C)CC(=O)N1CCC[C@H]1c1ncc(-c2ccc(-c3ccc(-c4cnc([C@@H]5CCCN5C(=O)CCc5ccccn5)[nH]4)cc3)cc2)[nH]1. The first kappa shape index (κ1) is 32.5. The third-order valence-electron chi connectivity index (χ3n) is 9.88. The van der Waals surface area contributed by atoms with Crippen LogP contribution < -0.4 is 0 Å². The number of carbonyl (C=O) groups excluding carboxylic acids is 2. The number of ether oxygens (including phenoxy) is 1. The van der Waals surface area contributed by atoms with E-state index in [4.69, 9.17) is 9.72 Å².